The largest absolute Gasteiger partial charge is 0.431 e. The van der Waals surface area contributed by atoms with Gasteiger partial charge in [0.05, 0.1) is 12.3 Å². The van der Waals surface area contributed by atoms with Crippen LogP contribution >= 0.6 is 0 Å². The first-order valence-corrected chi connectivity index (χ1v) is 10.5. The molecule has 1 aliphatic heterocycles. The molecule has 3 heterocycles. The molecule has 2 aromatic heterocycles. The number of hydrogen-bond donors (Lipinski definition) is 1. The molecule has 0 spiro atoms. The van der Waals surface area contributed by atoms with Crippen molar-refractivity contribution in [1.82, 2.24) is 14.9 Å². The number of nitrogens with zero attached hydrogens (tertiary/aromatic N) is 3. The monoisotopic (exact) mass is 416 g/mol. The van der Waals surface area contributed by atoms with Gasteiger partial charge in [0.2, 0.25) is 0 Å². The number of hydrogen-bond acceptors (Lipinski definition) is 6. The summed E-state index contributed by atoms with van der Waals surface area (Å²) in [7, 11) is 1.74. The van der Waals surface area contributed by atoms with Crippen LogP contribution in [0, 0.1) is 11.8 Å². The van der Waals surface area contributed by atoms with Crippen LogP contribution in [0.5, 0.6) is 5.75 Å². The summed E-state index contributed by atoms with van der Waals surface area (Å²) in [6, 6.07) is 5.86. The number of anilines is 1. The number of likely N-dealkylation sites (tertiary alicyclic amines) is 1. The number of aromatic nitrogens is 2. The van der Waals surface area contributed by atoms with E-state index < -0.39 is 6.61 Å². The van der Waals surface area contributed by atoms with Crippen LogP contribution in [0.3, 0.4) is 0 Å². The Morgan fingerprint density at radius 3 is 2.63 bits per heavy atom. The maximum absolute atomic E-state index is 12.7. The lowest BCUT2D eigenvalue weighted by molar-refractivity contribution is -0.0494. The molecule has 0 bridgehead atoms. The van der Waals surface area contributed by atoms with Crippen molar-refractivity contribution >= 4 is 5.82 Å². The van der Waals surface area contributed by atoms with Crippen LogP contribution < -0.4 is 10.5 Å². The molecule has 2 N–H and O–H groups in total. The maximum Gasteiger partial charge on any atom is 0.387 e. The van der Waals surface area contributed by atoms with E-state index in [1.54, 1.807) is 13.3 Å². The summed E-state index contributed by atoms with van der Waals surface area (Å²) in [5.74, 6) is 2.23. The summed E-state index contributed by atoms with van der Waals surface area (Å²) < 4.78 is 35.1. The van der Waals surface area contributed by atoms with E-state index in [2.05, 4.69) is 26.8 Å². The van der Waals surface area contributed by atoms with Gasteiger partial charge in [0, 0.05) is 50.1 Å². The molecule has 8 heteroatoms. The molecular formula is C22H26F2N4O2. The van der Waals surface area contributed by atoms with Gasteiger partial charge in [0.25, 0.3) is 0 Å². The van der Waals surface area contributed by atoms with Crippen molar-refractivity contribution in [2.24, 2.45) is 11.8 Å². The van der Waals surface area contributed by atoms with Crippen molar-refractivity contribution in [3.8, 4) is 17.0 Å². The highest BCUT2D eigenvalue weighted by Gasteiger charge is 2.56. The van der Waals surface area contributed by atoms with Crippen molar-refractivity contribution < 1.29 is 18.3 Å². The van der Waals surface area contributed by atoms with Crippen molar-refractivity contribution in [2.75, 3.05) is 39.1 Å². The predicted octanol–water partition coefficient (Wildman–Crippen LogP) is 3.50. The third-order valence-electron chi connectivity index (χ3n) is 6.52. The van der Waals surface area contributed by atoms with Crippen molar-refractivity contribution in [1.29, 1.82) is 0 Å². The Labute approximate surface area is 174 Å². The molecule has 3 atom stereocenters. The topological polar surface area (TPSA) is 73.5 Å². The lowest BCUT2D eigenvalue weighted by Gasteiger charge is -2.19. The van der Waals surface area contributed by atoms with Crippen LogP contribution in [-0.2, 0) is 4.74 Å². The molecule has 0 unspecified atom stereocenters. The van der Waals surface area contributed by atoms with Gasteiger partial charge in [-0.2, -0.15) is 8.78 Å². The van der Waals surface area contributed by atoms with Crippen molar-refractivity contribution in [3.05, 3.63) is 35.7 Å². The average molecular weight is 416 g/mol. The van der Waals surface area contributed by atoms with E-state index in [4.69, 9.17) is 15.5 Å². The van der Waals surface area contributed by atoms with Crippen molar-refractivity contribution in [3.63, 3.8) is 0 Å². The highest BCUT2D eigenvalue weighted by Crippen LogP contribution is 2.58. The lowest BCUT2D eigenvalue weighted by atomic mass is 10.0. The summed E-state index contributed by atoms with van der Waals surface area (Å²) in [6.07, 6.45) is 3.88. The summed E-state index contributed by atoms with van der Waals surface area (Å²) >= 11 is 0. The Bertz CT molecular complexity index is 925. The quantitative estimate of drug-likeness (QED) is 0.710. The Morgan fingerprint density at radius 1 is 1.20 bits per heavy atom. The maximum atomic E-state index is 12.7. The minimum Gasteiger partial charge on any atom is -0.431 e. The molecule has 0 radical (unpaired) electrons. The third-order valence-corrected chi connectivity index (χ3v) is 6.52. The first-order valence-electron chi connectivity index (χ1n) is 10.5. The van der Waals surface area contributed by atoms with Crippen LogP contribution in [0.2, 0.25) is 0 Å². The second kappa shape index (κ2) is 7.74. The summed E-state index contributed by atoms with van der Waals surface area (Å²) in [4.78, 5) is 11.3. The highest BCUT2D eigenvalue weighted by molar-refractivity contribution is 5.65. The molecule has 160 valence electrons. The van der Waals surface area contributed by atoms with Gasteiger partial charge < -0.3 is 20.1 Å². The third kappa shape index (κ3) is 3.86. The van der Waals surface area contributed by atoms with Crippen LogP contribution in [0.15, 0.2) is 24.4 Å². The van der Waals surface area contributed by atoms with Crippen LogP contribution in [0.1, 0.15) is 35.9 Å². The molecule has 2 aliphatic carbocycles. The minimum atomic E-state index is -2.95. The number of halogens is 2. The normalized spacial score (nSPS) is 25.5. The fourth-order valence-corrected chi connectivity index (χ4v) is 4.80. The van der Waals surface area contributed by atoms with Gasteiger partial charge in [0.1, 0.15) is 0 Å². The molecule has 0 amide bonds. The molecule has 2 aromatic rings. The van der Waals surface area contributed by atoms with E-state index in [0.29, 0.717) is 29.2 Å². The van der Waals surface area contributed by atoms with E-state index in [1.165, 1.54) is 11.6 Å². The molecular weight excluding hydrogens is 390 g/mol. The van der Waals surface area contributed by atoms with Gasteiger partial charge in [-0.05, 0) is 54.4 Å². The number of piperidine rings is 1. The molecule has 30 heavy (non-hydrogen) atoms. The number of pyridine rings is 2. The highest BCUT2D eigenvalue weighted by atomic mass is 19.3. The first kappa shape index (κ1) is 19.6. The van der Waals surface area contributed by atoms with Crippen molar-refractivity contribution in [2.45, 2.75) is 31.3 Å². The number of methoxy groups -OCH3 is 1. The smallest absolute Gasteiger partial charge is 0.387 e. The fraction of sp³-hybridized carbons (Fsp3) is 0.545. The van der Waals surface area contributed by atoms with Gasteiger partial charge in [-0.15, -0.1) is 0 Å². The zero-order valence-corrected chi connectivity index (χ0v) is 16.9. The molecule has 5 rings (SSSR count). The molecule has 3 fully saturated rings. The average Bonchev–Trinajstić information content (AvgIpc) is 3.64. The van der Waals surface area contributed by atoms with Crippen LogP contribution in [0.4, 0.5) is 14.6 Å². The summed E-state index contributed by atoms with van der Waals surface area (Å²) in [5, 5.41) is 0. The molecule has 1 saturated heterocycles. The Morgan fingerprint density at radius 2 is 1.97 bits per heavy atom. The SMILES string of the molecule is COCCN1C[C@@H]2[C@H](C1)[C@H]2c1cc(-c2cnc(N)c(OC(F)F)c2)nc(C2CC2)c1. The van der Waals surface area contributed by atoms with Gasteiger partial charge in [0.15, 0.2) is 11.6 Å². The summed E-state index contributed by atoms with van der Waals surface area (Å²) in [5.41, 5.74) is 9.50. The molecule has 3 aliphatic rings. The number of rotatable bonds is 8. The van der Waals surface area contributed by atoms with E-state index in [-0.39, 0.29) is 11.6 Å². The number of fused-ring (bicyclic) bond motifs is 1. The Hall–Kier alpha value is -2.32. The van der Waals surface area contributed by atoms with E-state index in [0.717, 1.165) is 50.5 Å². The van der Waals surface area contributed by atoms with Gasteiger partial charge in [-0.3, -0.25) is 4.98 Å². The van der Waals surface area contributed by atoms with Gasteiger partial charge in [-0.25, -0.2) is 4.98 Å². The fourth-order valence-electron chi connectivity index (χ4n) is 4.80. The standard InChI is InChI=1S/C22H26F2N4O2/c1-29-5-4-28-10-15-16(11-28)20(15)13-6-17(12-2-3-12)27-18(7-13)14-8-19(30-22(23)24)21(25)26-9-14/h6-9,12,15-16,20,22H,2-5,10-11H2,1H3,(H2,25,26)/t15-,16+,20+. The van der Waals surface area contributed by atoms with E-state index in [1.807, 2.05) is 0 Å². The van der Waals surface area contributed by atoms with Gasteiger partial charge >= 0.3 is 6.61 Å². The zero-order valence-electron chi connectivity index (χ0n) is 16.9. The molecule has 6 nitrogen and oxygen atoms in total. The lowest BCUT2D eigenvalue weighted by Crippen LogP contribution is -2.27. The first-order chi connectivity index (χ1) is 14.5. The van der Waals surface area contributed by atoms with Crippen LogP contribution in [-0.4, -0.2) is 54.8 Å². The number of ether oxygens (including phenoxy) is 2. The predicted molar refractivity (Wildman–Crippen MR) is 109 cm³/mol. The second-order valence-corrected chi connectivity index (χ2v) is 8.58. The van der Waals surface area contributed by atoms with E-state index in [9.17, 15) is 8.78 Å². The Kier molecular flexibility index (Phi) is 5.06. The minimum absolute atomic E-state index is 0.0505. The molecule has 0 aromatic carbocycles. The molecule has 2 saturated carbocycles. The number of alkyl halides is 2. The summed E-state index contributed by atoms with van der Waals surface area (Å²) in [6.45, 7) is 1.01. The van der Waals surface area contributed by atoms with E-state index >= 15 is 0 Å². The second-order valence-electron chi connectivity index (χ2n) is 8.58. The van der Waals surface area contributed by atoms with Gasteiger partial charge in [-0.1, -0.05) is 0 Å². The van der Waals surface area contributed by atoms with Crippen LogP contribution in [0.25, 0.3) is 11.3 Å². The number of nitrogens with two attached hydrogens (primary N) is 1. The zero-order chi connectivity index (χ0) is 20.8. The number of nitrogen functional groups attached to an aromatic ring is 1. The Balaban J connectivity index is 1.41.